The highest BCUT2D eigenvalue weighted by Gasteiger charge is 2.21. The lowest BCUT2D eigenvalue weighted by Gasteiger charge is -2.33. The summed E-state index contributed by atoms with van der Waals surface area (Å²) in [5.74, 6) is 0. The van der Waals surface area contributed by atoms with Crippen LogP contribution in [0.2, 0.25) is 0 Å². The van der Waals surface area contributed by atoms with Gasteiger partial charge in [0.15, 0.2) is 0 Å². The molecule has 1 aliphatic rings. The van der Waals surface area contributed by atoms with Gasteiger partial charge in [0.2, 0.25) is 0 Å². The first-order valence-corrected chi connectivity index (χ1v) is 7.71. The standard InChI is InChI=1S/C17H31NO/c1-14(2)9-8-10-15(3)13-17(19)18(4)16-11-6-5-7-12-16/h9,13,16-17,19H,5-8,10-12H2,1-4H3/b15-13+. The molecule has 0 heterocycles. The second kappa shape index (κ2) is 8.55. The Kier molecular flexibility index (Phi) is 7.40. The van der Waals surface area contributed by atoms with E-state index in [0.717, 1.165) is 12.8 Å². The van der Waals surface area contributed by atoms with Gasteiger partial charge in [0, 0.05) is 6.04 Å². The highest BCUT2D eigenvalue weighted by molar-refractivity contribution is 5.04. The van der Waals surface area contributed by atoms with Crippen LogP contribution in [0, 0.1) is 0 Å². The van der Waals surface area contributed by atoms with Gasteiger partial charge in [-0.3, -0.25) is 4.90 Å². The fourth-order valence-corrected chi connectivity index (χ4v) is 2.75. The van der Waals surface area contributed by atoms with Crippen molar-refractivity contribution in [3.63, 3.8) is 0 Å². The molecule has 0 aliphatic heterocycles. The zero-order chi connectivity index (χ0) is 14.3. The molecule has 0 spiro atoms. The fraction of sp³-hybridized carbons (Fsp3) is 0.765. The fourth-order valence-electron chi connectivity index (χ4n) is 2.75. The van der Waals surface area contributed by atoms with Crippen molar-refractivity contribution < 1.29 is 5.11 Å². The first-order valence-electron chi connectivity index (χ1n) is 7.71. The average molecular weight is 265 g/mol. The van der Waals surface area contributed by atoms with Crippen molar-refractivity contribution in [3.8, 4) is 0 Å². The van der Waals surface area contributed by atoms with Crippen LogP contribution in [0.1, 0.15) is 65.7 Å². The Bertz CT molecular complexity index is 309. The molecule has 0 saturated heterocycles. The molecular weight excluding hydrogens is 234 g/mol. The summed E-state index contributed by atoms with van der Waals surface area (Å²) in [6.45, 7) is 6.38. The number of likely N-dealkylation sites (N-methyl/N-ethyl adjacent to an activating group) is 1. The summed E-state index contributed by atoms with van der Waals surface area (Å²) in [6, 6.07) is 0.561. The molecule has 1 rings (SSSR count). The normalized spacial score (nSPS) is 19.6. The summed E-state index contributed by atoms with van der Waals surface area (Å²) in [5, 5.41) is 10.3. The zero-order valence-electron chi connectivity index (χ0n) is 13.2. The Morgan fingerprint density at radius 3 is 2.42 bits per heavy atom. The average Bonchev–Trinajstić information content (AvgIpc) is 2.38. The zero-order valence-corrected chi connectivity index (χ0v) is 13.2. The molecule has 1 saturated carbocycles. The largest absolute Gasteiger partial charge is 0.375 e. The van der Waals surface area contributed by atoms with E-state index < -0.39 is 6.23 Å². The third kappa shape index (κ3) is 6.40. The van der Waals surface area contributed by atoms with Crippen molar-refractivity contribution >= 4 is 0 Å². The molecule has 110 valence electrons. The lowest BCUT2D eigenvalue weighted by molar-refractivity contribution is 0.0180. The highest BCUT2D eigenvalue weighted by Crippen LogP contribution is 2.23. The van der Waals surface area contributed by atoms with Crippen LogP contribution in [0.4, 0.5) is 0 Å². The smallest absolute Gasteiger partial charge is 0.126 e. The number of hydrogen-bond donors (Lipinski definition) is 1. The second-order valence-corrected chi connectivity index (χ2v) is 6.20. The van der Waals surface area contributed by atoms with Crippen LogP contribution < -0.4 is 0 Å². The molecule has 2 nitrogen and oxygen atoms in total. The monoisotopic (exact) mass is 265 g/mol. The Hall–Kier alpha value is -0.600. The van der Waals surface area contributed by atoms with Gasteiger partial charge in [-0.25, -0.2) is 0 Å². The van der Waals surface area contributed by atoms with Crippen LogP contribution in [0.15, 0.2) is 23.3 Å². The van der Waals surface area contributed by atoms with Crippen LogP contribution in [0.5, 0.6) is 0 Å². The van der Waals surface area contributed by atoms with Crippen molar-refractivity contribution in [2.24, 2.45) is 0 Å². The quantitative estimate of drug-likeness (QED) is 0.573. The predicted molar refractivity (Wildman–Crippen MR) is 83.1 cm³/mol. The first kappa shape index (κ1) is 16.5. The minimum absolute atomic E-state index is 0.421. The summed E-state index contributed by atoms with van der Waals surface area (Å²) in [6.07, 6.45) is 12.4. The molecule has 2 heteroatoms. The summed E-state index contributed by atoms with van der Waals surface area (Å²) >= 11 is 0. The van der Waals surface area contributed by atoms with Gasteiger partial charge in [-0.1, -0.05) is 36.5 Å². The first-order chi connectivity index (χ1) is 9.00. The van der Waals surface area contributed by atoms with Gasteiger partial charge >= 0.3 is 0 Å². The molecule has 1 fully saturated rings. The highest BCUT2D eigenvalue weighted by atomic mass is 16.3. The Morgan fingerprint density at radius 1 is 1.21 bits per heavy atom. The van der Waals surface area contributed by atoms with E-state index in [4.69, 9.17) is 0 Å². The molecular formula is C17H31NO. The maximum Gasteiger partial charge on any atom is 0.126 e. The Balaban J connectivity index is 2.42. The molecule has 1 aliphatic carbocycles. The molecule has 1 atom stereocenters. The van der Waals surface area contributed by atoms with Gasteiger partial charge in [0.25, 0.3) is 0 Å². The van der Waals surface area contributed by atoms with Crippen molar-refractivity contribution in [2.75, 3.05) is 7.05 Å². The number of nitrogens with zero attached hydrogens (tertiary/aromatic N) is 1. The molecule has 0 radical (unpaired) electrons. The molecule has 0 aromatic heterocycles. The summed E-state index contributed by atoms with van der Waals surface area (Å²) in [4.78, 5) is 2.14. The van der Waals surface area contributed by atoms with Crippen LogP contribution in [0.3, 0.4) is 0 Å². The van der Waals surface area contributed by atoms with E-state index in [1.165, 1.54) is 43.3 Å². The van der Waals surface area contributed by atoms with Crippen LogP contribution in [-0.4, -0.2) is 29.3 Å². The van der Waals surface area contributed by atoms with E-state index in [0.29, 0.717) is 6.04 Å². The summed E-state index contributed by atoms with van der Waals surface area (Å²) in [5.41, 5.74) is 2.65. The number of aliphatic hydroxyl groups excluding tert-OH is 1. The van der Waals surface area contributed by atoms with Crippen LogP contribution in [-0.2, 0) is 0 Å². The number of rotatable bonds is 6. The van der Waals surface area contributed by atoms with Gasteiger partial charge < -0.3 is 5.11 Å². The number of aliphatic hydroxyl groups is 1. The van der Waals surface area contributed by atoms with E-state index in [2.05, 4.69) is 38.8 Å². The molecule has 19 heavy (non-hydrogen) atoms. The molecule has 0 aromatic rings. The maximum absolute atomic E-state index is 10.3. The summed E-state index contributed by atoms with van der Waals surface area (Å²) < 4.78 is 0. The van der Waals surface area contributed by atoms with Crippen molar-refractivity contribution in [2.45, 2.75) is 78.0 Å². The SMILES string of the molecule is CC(C)=CCC/C(C)=C/C(O)N(C)C1CCCCC1. The van der Waals surface area contributed by atoms with Crippen molar-refractivity contribution in [3.05, 3.63) is 23.3 Å². The van der Waals surface area contributed by atoms with Gasteiger partial charge in [-0.2, -0.15) is 0 Å². The maximum atomic E-state index is 10.3. The molecule has 0 amide bonds. The van der Waals surface area contributed by atoms with Crippen molar-refractivity contribution in [1.29, 1.82) is 0 Å². The molecule has 1 unspecified atom stereocenters. The third-order valence-corrected chi connectivity index (χ3v) is 4.09. The van der Waals surface area contributed by atoms with Gasteiger partial charge in [0.1, 0.15) is 6.23 Å². The van der Waals surface area contributed by atoms with Crippen LogP contribution >= 0.6 is 0 Å². The van der Waals surface area contributed by atoms with Gasteiger partial charge in [-0.15, -0.1) is 0 Å². The number of allylic oxidation sites excluding steroid dienone is 3. The minimum atomic E-state index is -0.421. The van der Waals surface area contributed by atoms with E-state index in [1.54, 1.807) is 0 Å². The Morgan fingerprint density at radius 2 is 1.84 bits per heavy atom. The number of hydrogen-bond acceptors (Lipinski definition) is 2. The van der Waals surface area contributed by atoms with Gasteiger partial charge in [0.05, 0.1) is 0 Å². The topological polar surface area (TPSA) is 23.5 Å². The van der Waals surface area contributed by atoms with E-state index in [9.17, 15) is 5.11 Å². The lowest BCUT2D eigenvalue weighted by atomic mass is 9.94. The van der Waals surface area contributed by atoms with E-state index >= 15 is 0 Å². The predicted octanol–water partition coefficient (Wildman–Crippen LogP) is 4.26. The third-order valence-electron chi connectivity index (χ3n) is 4.09. The molecule has 0 bridgehead atoms. The summed E-state index contributed by atoms with van der Waals surface area (Å²) in [7, 11) is 2.06. The van der Waals surface area contributed by atoms with Crippen molar-refractivity contribution in [1.82, 2.24) is 4.90 Å². The van der Waals surface area contributed by atoms with Crippen LogP contribution in [0.25, 0.3) is 0 Å². The second-order valence-electron chi connectivity index (χ2n) is 6.20. The van der Waals surface area contributed by atoms with E-state index in [1.807, 2.05) is 6.08 Å². The Labute approximate surface area is 119 Å². The van der Waals surface area contributed by atoms with E-state index in [-0.39, 0.29) is 0 Å². The molecule has 1 N–H and O–H groups in total. The van der Waals surface area contributed by atoms with Gasteiger partial charge in [-0.05, 0) is 59.6 Å². The minimum Gasteiger partial charge on any atom is -0.375 e. The lowest BCUT2D eigenvalue weighted by Crippen LogP contribution is -2.40. The molecule has 0 aromatic carbocycles.